The molecule has 1 aliphatic rings. The van der Waals surface area contributed by atoms with Gasteiger partial charge in [-0.2, -0.15) is 0 Å². The van der Waals surface area contributed by atoms with Crippen LogP contribution in [0.25, 0.3) is 6.08 Å². The van der Waals surface area contributed by atoms with Gasteiger partial charge in [-0.25, -0.2) is 0 Å². The second-order valence-electron chi connectivity index (χ2n) is 6.94. The first-order valence-electron chi connectivity index (χ1n) is 9.91. The third kappa shape index (κ3) is 4.43. The average Bonchev–Trinajstić information content (AvgIpc) is 2.75. The van der Waals surface area contributed by atoms with Crippen LogP contribution in [-0.4, -0.2) is 37.1 Å². The van der Waals surface area contributed by atoms with E-state index >= 15 is 0 Å². The van der Waals surface area contributed by atoms with Crippen LogP contribution in [0, 0.1) is 6.92 Å². The van der Waals surface area contributed by atoms with Crippen molar-refractivity contribution in [2.24, 2.45) is 0 Å². The number of thiocarbonyl (C=S) groups is 1. The molecule has 0 atom stereocenters. The highest BCUT2D eigenvalue weighted by Crippen LogP contribution is 2.31. The minimum absolute atomic E-state index is 0.0152. The minimum Gasteiger partial charge on any atom is -0.496 e. The number of anilines is 2. The Hall–Kier alpha value is -2.90. The van der Waals surface area contributed by atoms with Gasteiger partial charge in [0.1, 0.15) is 11.3 Å². The Balaban J connectivity index is 2.05. The van der Waals surface area contributed by atoms with Crippen molar-refractivity contribution in [1.82, 2.24) is 5.32 Å². The van der Waals surface area contributed by atoms with Crippen LogP contribution in [0.3, 0.4) is 0 Å². The number of carbonyl (C=O) groups is 2. The zero-order chi connectivity index (χ0) is 22.7. The van der Waals surface area contributed by atoms with Crippen molar-refractivity contribution in [3.05, 3.63) is 58.1 Å². The summed E-state index contributed by atoms with van der Waals surface area (Å²) in [6, 6.07) is 10.9. The fraction of sp³-hybridized carbons (Fsp3) is 0.261. The van der Waals surface area contributed by atoms with Gasteiger partial charge in [0.2, 0.25) is 0 Å². The number of nitrogens with zero attached hydrogens (tertiary/aromatic N) is 2. The molecule has 8 heteroatoms. The molecule has 1 heterocycles. The molecule has 162 valence electrons. The number of ether oxygens (including phenoxy) is 1. The summed E-state index contributed by atoms with van der Waals surface area (Å²) < 4.78 is 5.53. The van der Waals surface area contributed by atoms with Crippen molar-refractivity contribution in [2.45, 2.75) is 20.8 Å². The van der Waals surface area contributed by atoms with E-state index in [2.05, 4.69) is 24.1 Å². The quantitative estimate of drug-likeness (QED) is 0.397. The Bertz CT molecular complexity index is 1080. The van der Waals surface area contributed by atoms with Crippen molar-refractivity contribution >= 4 is 58.2 Å². The Morgan fingerprint density at radius 2 is 1.90 bits per heavy atom. The zero-order valence-corrected chi connectivity index (χ0v) is 19.4. The standard InChI is InChI=1S/C23H24ClN3O3S/c1-5-26(6-2)16-11-10-15(20(13-16)30-4)12-17-21(28)25-23(31)27(22(17)29)19-9-7-8-18(24)14(19)3/h7-13H,5-6H2,1-4H3,(H,25,28,31)/b17-12+. The highest BCUT2D eigenvalue weighted by atomic mass is 35.5. The minimum atomic E-state index is -0.555. The summed E-state index contributed by atoms with van der Waals surface area (Å²) in [4.78, 5) is 29.4. The molecule has 0 aromatic heterocycles. The molecule has 1 fully saturated rings. The Morgan fingerprint density at radius 1 is 1.19 bits per heavy atom. The maximum absolute atomic E-state index is 13.3. The third-order valence-electron chi connectivity index (χ3n) is 5.23. The van der Waals surface area contributed by atoms with Gasteiger partial charge in [-0.05, 0) is 68.9 Å². The van der Waals surface area contributed by atoms with Crippen LogP contribution in [0.2, 0.25) is 5.02 Å². The molecule has 1 aliphatic heterocycles. The summed E-state index contributed by atoms with van der Waals surface area (Å²) in [6.07, 6.45) is 1.52. The van der Waals surface area contributed by atoms with Crippen molar-refractivity contribution in [3.8, 4) is 5.75 Å². The van der Waals surface area contributed by atoms with E-state index in [-0.39, 0.29) is 10.7 Å². The second-order valence-corrected chi connectivity index (χ2v) is 7.73. The topological polar surface area (TPSA) is 61.9 Å². The molecular formula is C23H24ClN3O3S. The lowest BCUT2D eigenvalue weighted by Gasteiger charge is -2.30. The number of carbonyl (C=O) groups excluding carboxylic acids is 2. The molecule has 0 spiro atoms. The van der Waals surface area contributed by atoms with Gasteiger partial charge in [-0.3, -0.25) is 19.8 Å². The van der Waals surface area contributed by atoms with E-state index in [9.17, 15) is 9.59 Å². The Morgan fingerprint density at radius 3 is 2.55 bits per heavy atom. The third-order valence-corrected chi connectivity index (χ3v) is 5.92. The van der Waals surface area contributed by atoms with Crippen LogP contribution in [-0.2, 0) is 9.59 Å². The van der Waals surface area contributed by atoms with Crippen LogP contribution in [0.5, 0.6) is 5.75 Å². The van der Waals surface area contributed by atoms with Gasteiger partial charge in [0, 0.05) is 35.4 Å². The molecule has 3 rings (SSSR count). The Labute approximate surface area is 192 Å². The molecule has 0 radical (unpaired) electrons. The molecule has 31 heavy (non-hydrogen) atoms. The van der Waals surface area contributed by atoms with E-state index in [0.717, 1.165) is 18.8 Å². The summed E-state index contributed by atoms with van der Waals surface area (Å²) in [5.41, 5.74) is 2.80. The SMILES string of the molecule is CCN(CC)c1ccc(/C=C2\C(=O)NC(=S)N(c3cccc(Cl)c3C)C2=O)c(OC)c1. The highest BCUT2D eigenvalue weighted by molar-refractivity contribution is 7.80. The number of hydrogen-bond acceptors (Lipinski definition) is 5. The van der Waals surface area contributed by atoms with Crippen molar-refractivity contribution in [2.75, 3.05) is 30.0 Å². The van der Waals surface area contributed by atoms with Gasteiger partial charge >= 0.3 is 0 Å². The number of rotatable bonds is 6. The number of amides is 2. The van der Waals surface area contributed by atoms with Crippen LogP contribution < -0.4 is 19.9 Å². The van der Waals surface area contributed by atoms with Gasteiger partial charge in [0.25, 0.3) is 11.8 Å². The van der Waals surface area contributed by atoms with Crippen LogP contribution in [0.15, 0.2) is 42.0 Å². The van der Waals surface area contributed by atoms with Gasteiger partial charge in [-0.1, -0.05) is 17.7 Å². The van der Waals surface area contributed by atoms with E-state index in [0.29, 0.717) is 27.6 Å². The molecule has 0 aliphatic carbocycles. The first-order chi connectivity index (χ1) is 14.8. The smallest absolute Gasteiger partial charge is 0.270 e. The first-order valence-corrected chi connectivity index (χ1v) is 10.7. The van der Waals surface area contributed by atoms with Crippen LogP contribution in [0.1, 0.15) is 25.0 Å². The number of benzene rings is 2. The number of nitrogens with one attached hydrogen (secondary N) is 1. The number of halogens is 1. The predicted octanol–water partition coefficient (Wildman–Crippen LogP) is 4.33. The average molecular weight is 458 g/mol. The predicted molar refractivity (Wildman–Crippen MR) is 129 cm³/mol. The van der Waals surface area contributed by atoms with Crippen LogP contribution in [0.4, 0.5) is 11.4 Å². The monoisotopic (exact) mass is 457 g/mol. The molecule has 6 nitrogen and oxygen atoms in total. The molecule has 2 aromatic carbocycles. The van der Waals surface area contributed by atoms with Gasteiger partial charge < -0.3 is 9.64 Å². The second kappa shape index (κ2) is 9.49. The fourth-order valence-electron chi connectivity index (χ4n) is 3.47. The largest absolute Gasteiger partial charge is 0.496 e. The molecule has 1 saturated heterocycles. The van der Waals surface area contributed by atoms with Crippen molar-refractivity contribution < 1.29 is 14.3 Å². The molecule has 0 saturated carbocycles. The summed E-state index contributed by atoms with van der Waals surface area (Å²) in [5.74, 6) is -0.508. The van der Waals surface area contributed by atoms with Gasteiger partial charge in [0.15, 0.2) is 5.11 Å². The fourth-order valence-corrected chi connectivity index (χ4v) is 3.92. The Kier molecular flexibility index (Phi) is 6.97. The van der Waals surface area contributed by atoms with E-state index in [4.69, 9.17) is 28.6 Å². The van der Waals surface area contributed by atoms with Crippen LogP contribution >= 0.6 is 23.8 Å². The summed E-state index contributed by atoms with van der Waals surface area (Å²) in [6.45, 7) is 7.65. The lowest BCUT2D eigenvalue weighted by atomic mass is 10.0. The summed E-state index contributed by atoms with van der Waals surface area (Å²) in [5, 5.41) is 3.12. The molecule has 2 amide bonds. The summed E-state index contributed by atoms with van der Waals surface area (Å²) in [7, 11) is 1.56. The molecular weight excluding hydrogens is 434 g/mol. The van der Waals surface area contributed by atoms with E-state index in [1.807, 2.05) is 18.2 Å². The maximum atomic E-state index is 13.3. The van der Waals surface area contributed by atoms with Crippen molar-refractivity contribution in [3.63, 3.8) is 0 Å². The zero-order valence-electron chi connectivity index (χ0n) is 17.9. The number of hydrogen-bond donors (Lipinski definition) is 1. The van der Waals surface area contributed by atoms with E-state index in [1.54, 1.807) is 32.2 Å². The molecule has 0 unspecified atom stereocenters. The molecule has 0 bridgehead atoms. The lowest BCUT2D eigenvalue weighted by Crippen LogP contribution is -2.54. The van der Waals surface area contributed by atoms with Crippen molar-refractivity contribution in [1.29, 1.82) is 0 Å². The number of methoxy groups -OCH3 is 1. The van der Waals surface area contributed by atoms with E-state index in [1.165, 1.54) is 11.0 Å². The molecule has 1 N–H and O–H groups in total. The normalized spacial score (nSPS) is 15.3. The van der Waals surface area contributed by atoms with E-state index < -0.39 is 11.8 Å². The maximum Gasteiger partial charge on any atom is 0.270 e. The lowest BCUT2D eigenvalue weighted by molar-refractivity contribution is -0.122. The van der Waals surface area contributed by atoms with Gasteiger partial charge in [-0.15, -0.1) is 0 Å². The first kappa shape index (κ1) is 22.8. The van der Waals surface area contributed by atoms with Gasteiger partial charge in [0.05, 0.1) is 12.8 Å². The highest BCUT2D eigenvalue weighted by Gasteiger charge is 2.35. The summed E-state index contributed by atoms with van der Waals surface area (Å²) >= 11 is 11.5. The molecule has 2 aromatic rings.